The van der Waals surface area contributed by atoms with E-state index in [-0.39, 0.29) is 32.1 Å². The van der Waals surface area contributed by atoms with E-state index in [0.29, 0.717) is 11.5 Å². The van der Waals surface area contributed by atoms with E-state index in [2.05, 4.69) is 26.9 Å². The summed E-state index contributed by atoms with van der Waals surface area (Å²) < 4.78 is 49.3. The summed E-state index contributed by atoms with van der Waals surface area (Å²) in [5, 5.41) is 7.76. The molecule has 30 heavy (non-hydrogen) atoms. The molecule has 3 N–H and O–H groups in total. The fourth-order valence-electron chi connectivity index (χ4n) is 2.44. The molecule has 0 aliphatic rings. The number of alkyl halides is 3. The molecule has 1 aromatic carbocycles. The minimum atomic E-state index is -4.51. The highest BCUT2D eigenvalue weighted by Crippen LogP contribution is 2.33. The number of urea groups is 1. The lowest BCUT2D eigenvalue weighted by Crippen LogP contribution is -2.37. The van der Waals surface area contributed by atoms with Crippen LogP contribution in [0.25, 0.3) is 0 Å². The average molecular weight is 422 g/mol. The Morgan fingerprint density at radius 2 is 2.00 bits per heavy atom. The first kappa shape index (κ1) is 22.7. The van der Waals surface area contributed by atoms with Crippen molar-refractivity contribution in [3.05, 3.63) is 47.7 Å². The number of carbonyl (C=O) groups is 1. The number of methoxy groups -OCH3 is 1. The molecule has 1 heterocycles. The number of anilines is 1. The number of terminal acetylenes is 1. The topological polar surface area (TPSA) is 84.5 Å². The average Bonchev–Trinajstić information content (AvgIpc) is 2.73. The Balaban J connectivity index is 1.79. The van der Waals surface area contributed by atoms with Crippen LogP contribution in [0.2, 0.25) is 0 Å². The zero-order chi connectivity index (χ0) is 22.0. The number of nitrogens with one attached hydrogen (secondary N) is 3. The highest BCUT2D eigenvalue weighted by molar-refractivity contribution is 5.73. The number of rotatable bonds is 9. The number of amides is 2. The number of ether oxygens (including phenoxy) is 2. The molecule has 0 atom stereocenters. The summed E-state index contributed by atoms with van der Waals surface area (Å²) in [6, 6.07) is 6.81. The Bertz CT molecular complexity index is 898. The van der Waals surface area contributed by atoms with Gasteiger partial charge in [0.15, 0.2) is 11.5 Å². The molecule has 1 aromatic heterocycles. The van der Waals surface area contributed by atoms with E-state index in [9.17, 15) is 18.0 Å². The molecule has 0 aliphatic heterocycles. The number of benzene rings is 1. The normalized spacial score (nSPS) is 10.6. The summed E-state index contributed by atoms with van der Waals surface area (Å²) in [7, 11) is 1.50. The van der Waals surface area contributed by atoms with E-state index in [4.69, 9.17) is 15.9 Å². The number of hydrogen-bond acceptors (Lipinski definition) is 5. The number of halogens is 3. The van der Waals surface area contributed by atoms with Crippen molar-refractivity contribution in [2.24, 2.45) is 0 Å². The van der Waals surface area contributed by atoms with Gasteiger partial charge in [-0.2, -0.15) is 13.2 Å². The van der Waals surface area contributed by atoms with Gasteiger partial charge >= 0.3 is 12.2 Å². The van der Waals surface area contributed by atoms with Gasteiger partial charge in [0.05, 0.1) is 12.7 Å². The second-order valence-corrected chi connectivity index (χ2v) is 5.91. The third-order valence-electron chi connectivity index (χ3n) is 3.81. The van der Waals surface area contributed by atoms with Crippen LogP contribution in [0, 0.1) is 12.3 Å². The monoisotopic (exact) mass is 422 g/mol. The van der Waals surface area contributed by atoms with Gasteiger partial charge in [-0.25, -0.2) is 9.78 Å². The smallest absolute Gasteiger partial charge is 0.419 e. The van der Waals surface area contributed by atoms with Crippen molar-refractivity contribution >= 4 is 11.8 Å². The Morgan fingerprint density at radius 1 is 1.20 bits per heavy atom. The third-order valence-corrected chi connectivity index (χ3v) is 3.81. The van der Waals surface area contributed by atoms with E-state index >= 15 is 0 Å². The first-order valence-electron chi connectivity index (χ1n) is 8.86. The van der Waals surface area contributed by atoms with Gasteiger partial charge < -0.3 is 25.4 Å². The Kier molecular flexibility index (Phi) is 8.17. The van der Waals surface area contributed by atoms with Gasteiger partial charge in [-0.1, -0.05) is 12.0 Å². The van der Waals surface area contributed by atoms with E-state index in [0.717, 1.165) is 11.6 Å². The highest BCUT2D eigenvalue weighted by atomic mass is 19.4. The maximum absolute atomic E-state index is 12.9. The van der Waals surface area contributed by atoms with Crippen LogP contribution in [0.1, 0.15) is 11.1 Å². The van der Waals surface area contributed by atoms with Crippen LogP contribution in [-0.4, -0.2) is 37.8 Å². The predicted molar refractivity (Wildman–Crippen MR) is 105 cm³/mol. The molecule has 0 bridgehead atoms. The van der Waals surface area contributed by atoms with E-state index in [1.807, 2.05) is 0 Å². The van der Waals surface area contributed by atoms with E-state index < -0.39 is 17.8 Å². The quantitative estimate of drug-likeness (QED) is 0.427. The maximum Gasteiger partial charge on any atom is 0.419 e. The van der Waals surface area contributed by atoms with Gasteiger partial charge in [0.2, 0.25) is 0 Å². The zero-order valence-corrected chi connectivity index (χ0v) is 16.2. The van der Waals surface area contributed by atoms with Crippen LogP contribution in [0.3, 0.4) is 0 Å². The fraction of sp³-hybridized carbons (Fsp3) is 0.300. The van der Waals surface area contributed by atoms with Gasteiger partial charge in [-0.15, -0.1) is 6.42 Å². The lowest BCUT2D eigenvalue weighted by molar-refractivity contribution is -0.137. The van der Waals surface area contributed by atoms with Gasteiger partial charge in [-0.05, 0) is 29.8 Å². The summed E-state index contributed by atoms with van der Waals surface area (Å²) in [5.41, 5.74) is -0.115. The minimum absolute atomic E-state index is 0.0696. The molecular formula is C20H21F3N4O3. The van der Waals surface area contributed by atoms with Crippen molar-refractivity contribution in [3.63, 3.8) is 0 Å². The molecule has 0 fully saturated rings. The molecule has 2 aromatic rings. The molecule has 0 aliphatic carbocycles. The van der Waals surface area contributed by atoms with Gasteiger partial charge in [0, 0.05) is 25.8 Å². The first-order valence-corrected chi connectivity index (χ1v) is 8.86. The maximum atomic E-state index is 12.9. The molecule has 160 valence electrons. The number of hydrogen-bond donors (Lipinski definition) is 3. The molecule has 0 spiro atoms. The second kappa shape index (κ2) is 10.8. The van der Waals surface area contributed by atoms with Crippen molar-refractivity contribution in [3.8, 4) is 23.8 Å². The van der Waals surface area contributed by atoms with Crippen LogP contribution in [0.15, 0.2) is 36.5 Å². The molecule has 7 nitrogen and oxygen atoms in total. The number of aromatic nitrogens is 1. The van der Waals surface area contributed by atoms with Crippen LogP contribution < -0.4 is 25.4 Å². The Hall–Kier alpha value is -3.61. The van der Waals surface area contributed by atoms with Gasteiger partial charge in [0.25, 0.3) is 0 Å². The summed E-state index contributed by atoms with van der Waals surface area (Å²) in [6.45, 7) is 0.445. The summed E-state index contributed by atoms with van der Waals surface area (Å²) in [4.78, 5) is 15.6. The van der Waals surface area contributed by atoms with Crippen molar-refractivity contribution in [2.75, 3.05) is 32.1 Å². The molecule has 0 radical (unpaired) electrons. The fourth-order valence-corrected chi connectivity index (χ4v) is 2.44. The lowest BCUT2D eigenvalue weighted by atomic mass is 10.2. The number of nitrogens with zero attached hydrogens (tertiary/aromatic N) is 1. The minimum Gasteiger partial charge on any atom is -0.493 e. The first-order chi connectivity index (χ1) is 14.3. The van der Waals surface area contributed by atoms with Gasteiger partial charge in [-0.3, -0.25) is 0 Å². The zero-order valence-electron chi connectivity index (χ0n) is 16.2. The van der Waals surface area contributed by atoms with Gasteiger partial charge in [0.1, 0.15) is 12.4 Å². The van der Waals surface area contributed by atoms with Crippen molar-refractivity contribution in [1.29, 1.82) is 0 Å². The van der Waals surface area contributed by atoms with Crippen LogP contribution in [-0.2, 0) is 12.7 Å². The standard InChI is InChI=1S/C20H21F3N4O3/c1-3-11-30-17-12-14(6-7-16(17)29-2)13-27-19(28)26-10-9-25-18-15(20(21,22)23)5-4-8-24-18/h1,4-8,12H,9-11,13H2,2H3,(H,24,25)(H2,26,27,28). The van der Waals surface area contributed by atoms with E-state index in [1.165, 1.54) is 19.4 Å². The SMILES string of the molecule is C#CCOc1cc(CNC(=O)NCCNc2ncccc2C(F)(F)F)ccc1OC. The van der Waals surface area contributed by atoms with Crippen molar-refractivity contribution in [1.82, 2.24) is 15.6 Å². The van der Waals surface area contributed by atoms with Crippen molar-refractivity contribution in [2.45, 2.75) is 12.7 Å². The largest absolute Gasteiger partial charge is 0.493 e. The summed E-state index contributed by atoms with van der Waals surface area (Å²) in [5.74, 6) is 3.04. The van der Waals surface area contributed by atoms with Crippen LogP contribution in [0.4, 0.5) is 23.8 Å². The number of carbonyl (C=O) groups excluding carboxylic acids is 1. The summed E-state index contributed by atoms with van der Waals surface area (Å²) >= 11 is 0. The van der Waals surface area contributed by atoms with E-state index in [1.54, 1.807) is 18.2 Å². The lowest BCUT2D eigenvalue weighted by Gasteiger charge is -2.14. The second-order valence-electron chi connectivity index (χ2n) is 5.91. The molecule has 0 saturated carbocycles. The van der Waals surface area contributed by atoms with Crippen LogP contribution >= 0.6 is 0 Å². The molecule has 10 heteroatoms. The Morgan fingerprint density at radius 3 is 2.70 bits per heavy atom. The third kappa shape index (κ3) is 6.77. The molecule has 2 amide bonds. The predicted octanol–water partition coefficient (Wildman–Crippen LogP) is 3.03. The number of pyridine rings is 1. The Labute approximate surface area is 172 Å². The molecule has 0 saturated heterocycles. The molecule has 0 unspecified atom stereocenters. The summed E-state index contributed by atoms with van der Waals surface area (Å²) in [6.07, 6.45) is 1.93. The van der Waals surface area contributed by atoms with Crippen molar-refractivity contribution < 1.29 is 27.4 Å². The highest BCUT2D eigenvalue weighted by Gasteiger charge is 2.33. The van der Waals surface area contributed by atoms with Crippen LogP contribution in [0.5, 0.6) is 11.5 Å². The molecule has 2 rings (SSSR count). The molecular weight excluding hydrogens is 401 g/mol.